The summed E-state index contributed by atoms with van der Waals surface area (Å²) in [6.07, 6.45) is 3.10. The van der Waals surface area contributed by atoms with Crippen LogP contribution in [-0.2, 0) is 10.0 Å². The number of piperazine rings is 1. The average Bonchev–Trinajstić information content (AvgIpc) is 2.58. The molecule has 160 valence electrons. The van der Waals surface area contributed by atoms with E-state index in [-0.39, 0.29) is 24.0 Å². The van der Waals surface area contributed by atoms with Crippen molar-refractivity contribution in [2.45, 2.75) is 33.6 Å². The molecular formula is C18H38IN5O2S. The number of piperidine rings is 1. The zero-order valence-electron chi connectivity index (χ0n) is 17.4. The highest BCUT2D eigenvalue weighted by molar-refractivity contribution is 14.0. The second-order valence-corrected chi connectivity index (χ2v) is 9.96. The summed E-state index contributed by atoms with van der Waals surface area (Å²) in [7, 11) is -3.05. The molecule has 0 spiro atoms. The van der Waals surface area contributed by atoms with Gasteiger partial charge in [0, 0.05) is 58.9 Å². The predicted molar refractivity (Wildman–Crippen MR) is 123 cm³/mol. The Morgan fingerprint density at radius 3 is 2.19 bits per heavy atom. The largest absolute Gasteiger partial charge is 0.357 e. The molecule has 9 heteroatoms. The molecule has 2 aliphatic heterocycles. The molecule has 0 aromatic heterocycles. The van der Waals surface area contributed by atoms with Gasteiger partial charge < -0.3 is 10.2 Å². The van der Waals surface area contributed by atoms with E-state index >= 15 is 0 Å². The van der Waals surface area contributed by atoms with Gasteiger partial charge in [-0.05, 0) is 31.6 Å². The quantitative estimate of drug-likeness (QED) is 0.330. The second-order valence-electron chi connectivity index (χ2n) is 7.98. The van der Waals surface area contributed by atoms with Crippen LogP contribution in [0.5, 0.6) is 0 Å². The first-order valence-corrected chi connectivity index (χ1v) is 11.8. The number of guanidine groups is 1. The molecule has 27 heavy (non-hydrogen) atoms. The van der Waals surface area contributed by atoms with Crippen molar-refractivity contribution in [2.75, 3.05) is 65.2 Å². The van der Waals surface area contributed by atoms with Crippen molar-refractivity contribution >= 4 is 40.0 Å². The monoisotopic (exact) mass is 515 g/mol. The minimum Gasteiger partial charge on any atom is -0.357 e. The van der Waals surface area contributed by atoms with Crippen molar-refractivity contribution in [1.29, 1.82) is 0 Å². The molecule has 0 radical (unpaired) electrons. The summed E-state index contributed by atoms with van der Waals surface area (Å²) in [5, 5.41) is 3.43. The minimum absolute atomic E-state index is 0. The van der Waals surface area contributed by atoms with Gasteiger partial charge in [-0.2, -0.15) is 0 Å². The van der Waals surface area contributed by atoms with E-state index in [4.69, 9.17) is 4.99 Å². The third-order valence-electron chi connectivity index (χ3n) is 5.17. The van der Waals surface area contributed by atoms with Gasteiger partial charge in [0.1, 0.15) is 0 Å². The lowest BCUT2D eigenvalue weighted by Gasteiger charge is -2.37. The van der Waals surface area contributed by atoms with Crippen LogP contribution in [0.2, 0.25) is 0 Å². The van der Waals surface area contributed by atoms with Gasteiger partial charge in [-0.25, -0.2) is 12.7 Å². The van der Waals surface area contributed by atoms with Crippen LogP contribution in [0.15, 0.2) is 4.99 Å². The summed E-state index contributed by atoms with van der Waals surface area (Å²) >= 11 is 0. The second kappa shape index (κ2) is 11.8. The SMILES string of the molecule is CCNC(=NCC1CCN(S(C)(=O)=O)CC1)N1CCN(CC(C)C)CC1.I. The maximum atomic E-state index is 11.6. The third kappa shape index (κ3) is 8.41. The number of nitrogens with zero attached hydrogens (tertiary/aromatic N) is 4. The molecule has 1 N–H and O–H groups in total. The van der Waals surface area contributed by atoms with Crippen molar-refractivity contribution in [3.8, 4) is 0 Å². The number of hydrogen-bond donors (Lipinski definition) is 1. The van der Waals surface area contributed by atoms with Gasteiger partial charge in [0.15, 0.2) is 5.96 Å². The summed E-state index contributed by atoms with van der Waals surface area (Å²) < 4.78 is 24.8. The van der Waals surface area contributed by atoms with Gasteiger partial charge in [0.25, 0.3) is 0 Å². The van der Waals surface area contributed by atoms with Crippen LogP contribution < -0.4 is 5.32 Å². The number of rotatable bonds is 6. The Morgan fingerprint density at radius 1 is 1.11 bits per heavy atom. The molecule has 0 unspecified atom stereocenters. The van der Waals surface area contributed by atoms with E-state index in [2.05, 4.69) is 35.9 Å². The Bertz CT molecular complexity index is 554. The van der Waals surface area contributed by atoms with Crippen LogP contribution in [0.25, 0.3) is 0 Å². The van der Waals surface area contributed by atoms with Gasteiger partial charge in [0.05, 0.1) is 6.26 Å². The molecule has 7 nitrogen and oxygen atoms in total. The molecule has 2 saturated heterocycles. The summed E-state index contributed by atoms with van der Waals surface area (Å²) in [6.45, 7) is 15.0. The number of halogens is 1. The van der Waals surface area contributed by atoms with Crippen molar-refractivity contribution in [1.82, 2.24) is 19.4 Å². The summed E-state index contributed by atoms with van der Waals surface area (Å²) in [5.41, 5.74) is 0. The van der Waals surface area contributed by atoms with E-state index in [1.807, 2.05) is 0 Å². The Labute approximate surface area is 183 Å². The molecule has 2 heterocycles. The van der Waals surface area contributed by atoms with E-state index in [9.17, 15) is 8.42 Å². The van der Waals surface area contributed by atoms with Crippen LogP contribution >= 0.6 is 24.0 Å². The molecular weight excluding hydrogens is 477 g/mol. The lowest BCUT2D eigenvalue weighted by molar-refractivity contribution is 0.163. The number of nitrogens with one attached hydrogen (secondary N) is 1. The molecule has 0 bridgehead atoms. The molecule has 0 aliphatic carbocycles. The fraction of sp³-hybridized carbons (Fsp3) is 0.944. The number of hydrogen-bond acceptors (Lipinski definition) is 4. The number of sulfonamides is 1. The molecule has 2 aliphatic rings. The highest BCUT2D eigenvalue weighted by Gasteiger charge is 2.25. The highest BCUT2D eigenvalue weighted by atomic mass is 127. The van der Waals surface area contributed by atoms with Crippen LogP contribution in [0, 0.1) is 11.8 Å². The normalized spacial score (nSPS) is 21.4. The van der Waals surface area contributed by atoms with Crippen molar-refractivity contribution in [3.63, 3.8) is 0 Å². The first kappa shape index (κ1) is 24.9. The Morgan fingerprint density at radius 2 is 1.70 bits per heavy atom. The predicted octanol–water partition coefficient (Wildman–Crippen LogP) is 1.52. The van der Waals surface area contributed by atoms with Gasteiger partial charge in [-0.3, -0.25) is 9.89 Å². The van der Waals surface area contributed by atoms with E-state index in [1.54, 1.807) is 4.31 Å². The van der Waals surface area contributed by atoms with Crippen LogP contribution in [0.4, 0.5) is 0 Å². The van der Waals surface area contributed by atoms with Gasteiger partial charge >= 0.3 is 0 Å². The Balaban J connectivity index is 0.00000364. The van der Waals surface area contributed by atoms with Gasteiger partial charge in [0.2, 0.25) is 10.0 Å². The molecule has 0 atom stereocenters. The Kier molecular flexibility index (Phi) is 10.9. The molecule has 0 saturated carbocycles. The van der Waals surface area contributed by atoms with E-state index < -0.39 is 10.0 Å². The van der Waals surface area contributed by atoms with Crippen LogP contribution in [0.1, 0.15) is 33.6 Å². The average molecular weight is 516 g/mol. The number of aliphatic imine (C=N–C) groups is 1. The molecule has 2 fully saturated rings. The lowest BCUT2D eigenvalue weighted by atomic mass is 9.98. The summed E-state index contributed by atoms with van der Waals surface area (Å²) in [6, 6.07) is 0. The zero-order chi connectivity index (χ0) is 19.2. The smallest absolute Gasteiger partial charge is 0.211 e. The topological polar surface area (TPSA) is 68.2 Å². The zero-order valence-corrected chi connectivity index (χ0v) is 20.5. The van der Waals surface area contributed by atoms with E-state index in [0.29, 0.717) is 24.9 Å². The molecule has 0 aromatic carbocycles. The fourth-order valence-corrected chi connectivity index (χ4v) is 4.60. The van der Waals surface area contributed by atoms with Crippen molar-refractivity contribution < 1.29 is 8.42 Å². The Hall–Kier alpha value is -0.130. The molecule has 0 amide bonds. The van der Waals surface area contributed by atoms with Crippen LogP contribution in [-0.4, -0.2) is 93.6 Å². The molecule has 2 rings (SSSR count). The first-order chi connectivity index (χ1) is 12.3. The lowest BCUT2D eigenvalue weighted by Crippen LogP contribution is -2.53. The van der Waals surface area contributed by atoms with Crippen molar-refractivity contribution in [3.05, 3.63) is 0 Å². The first-order valence-electron chi connectivity index (χ1n) is 10.00. The third-order valence-corrected chi connectivity index (χ3v) is 6.48. The van der Waals surface area contributed by atoms with E-state index in [0.717, 1.165) is 58.1 Å². The maximum Gasteiger partial charge on any atom is 0.211 e. The standard InChI is InChI=1S/C18H37N5O2S.HI/c1-5-19-18(22-12-10-21(11-13-22)15-16(2)3)20-14-17-6-8-23(9-7-17)26(4,24)25;/h16-17H,5-15H2,1-4H3,(H,19,20);1H. The maximum absolute atomic E-state index is 11.6. The summed E-state index contributed by atoms with van der Waals surface area (Å²) in [5.74, 6) is 2.20. The van der Waals surface area contributed by atoms with Gasteiger partial charge in [-0.15, -0.1) is 24.0 Å². The molecule has 0 aromatic rings. The highest BCUT2D eigenvalue weighted by Crippen LogP contribution is 2.19. The van der Waals surface area contributed by atoms with Crippen molar-refractivity contribution in [2.24, 2.45) is 16.8 Å². The van der Waals surface area contributed by atoms with Crippen LogP contribution in [0.3, 0.4) is 0 Å². The minimum atomic E-state index is -3.05. The van der Waals surface area contributed by atoms with Gasteiger partial charge in [-0.1, -0.05) is 13.8 Å². The van der Waals surface area contributed by atoms with E-state index in [1.165, 1.54) is 12.8 Å². The summed E-state index contributed by atoms with van der Waals surface area (Å²) in [4.78, 5) is 9.78. The fourth-order valence-electron chi connectivity index (χ4n) is 3.72.